The van der Waals surface area contributed by atoms with Crippen LogP contribution in [-0.2, 0) is 9.59 Å². The lowest BCUT2D eigenvalue weighted by Crippen LogP contribution is -2.48. The Balaban J connectivity index is 2.07. The number of hydrogen-bond acceptors (Lipinski definition) is 2. The largest absolute Gasteiger partial charge is 0.352 e. The molecule has 0 fully saturated rings. The van der Waals surface area contributed by atoms with Gasteiger partial charge in [-0.3, -0.25) is 9.59 Å². The smallest absolute Gasteiger partial charge is 0.247 e. The zero-order valence-corrected chi connectivity index (χ0v) is 12.4. The summed E-state index contributed by atoms with van der Waals surface area (Å²) >= 11 is 0. The normalized spacial score (nSPS) is 23.8. The van der Waals surface area contributed by atoms with Gasteiger partial charge in [0.2, 0.25) is 11.8 Å². The van der Waals surface area contributed by atoms with E-state index in [-0.39, 0.29) is 23.8 Å². The molecule has 4 nitrogen and oxygen atoms in total. The van der Waals surface area contributed by atoms with Gasteiger partial charge in [0.05, 0.1) is 0 Å². The molecule has 2 heterocycles. The minimum Gasteiger partial charge on any atom is -0.352 e. The Morgan fingerprint density at radius 2 is 2.00 bits per heavy atom. The van der Waals surface area contributed by atoms with E-state index in [0.717, 1.165) is 11.1 Å². The maximum atomic E-state index is 12.6. The van der Waals surface area contributed by atoms with Crippen molar-refractivity contribution in [2.75, 3.05) is 6.54 Å². The van der Waals surface area contributed by atoms with Crippen LogP contribution in [0.25, 0.3) is 0 Å². The number of benzene rings is 1. The van der Waals surface area contributed by atoms with Gasteiger partial charge in [-0.25, -0.2) is 0 Å². The third-order valence-electron chi connectivity index (χ3n) is 4.06. The van der Waals surface area contributed by atoms with Gasteiger partial charge in [-0.2, -0.15) is 0 Å². The van der Waals surface area contributed by atoms with Crippen molar-refractivity contribution < 1.29 is 9.59 Å². The van der Waals surface area contributed by atoms with Gasteiger partial charge in [0.15, 0.2) is 0 Å². The first-order valence-corrected chi connectivity index (χ1v) is 7.43. The van der Waals surface area contributed by atoms with Gasteiger partial charge in [-0.15, -0.1) is 0 Å². The number of fused-ring (bicyclic) bond motifs is 4. The van der Waals surface area contributed by atoms with Crippen LogP contribution in [0.1, 0.15) is 43.4 Å². The summed E-state index contributed by atoms with van der Waals surface area (Å²) < 4.78 is 0. The minimum absolute atomic E-state index is 0.0205. The molecule has 0 spiro atoms. The molecule has 2 atom stereocenters. The monoisotopic (exact) mass is 284 g/mol. The Kier molecular flexibility index (Phi) is 3.53. The van der Waals surface area contributed by atoms with Crippen molar-refractivity contribution in [1.82, 2.24) is 10.2 Å². The summed E-state index contributed by atoms with van der Waals surface area (Å²) in [5.41, 5.74) is 2.11. The average molecular weight is 284 g/mol. The molecule has 1 aromatic carbocycles. The van der Waals surface area contributed by atoms with Crippen molar-refractivity contribution >= 4 is 11.8 Å². The van der Waals surface area contributed by atoms with Gasteiger partial charge in [-0.05, 0) is 25.0 Å². The van der Waals surface area contributed by atoms with Crippen LogP contribution in [0.15, 0.2) is 36.4 Å². The van der Waals surface area contributed by atoms with Gasteiger partial charge in [0, 0.05) is 24.9 Å². The van der Waals surface area contributed by atoms with Crippen LogP contribution in [0, 0.1) is 0 Å². The highest BCUT2D eigenvalue weighted by atomic mass is 16.2. The molecule has 0 aromatic heterocycles. The number of nitrogens with zero attached hydrogens (tertiary/aromatic N) is 1. The van der Waals surface area contributed by atoms with E-state index >= 15 is 0 Å². The van der Waals surface area contributed by atoms with Gasteiger partial charge in [0.1, 0.15) is 6.04 Å². The summed E-state index contributed by atoms with van der Waals surface area (Å²) in [5.74, 6) is 0.119. The standard InChI is InChI=1S/C17H20N2O2/c1-11(2)18-17(21)16-14-8-4-3-7-13(14)12-6-5-9-15(20)19(16)10-12/h3-8,11-12,16H,9-10H2,1-2H3,(H,18,21)/t12-,16-/m1/s1. The molecule has 0 saturated heterocycles. The fraction of sp³-hybridized carbons (Fsp3) is 0.412. The van der Waals surface area contributed by atoms with E-state index in [9.17, 15) is 9.59 Å². The second-order valence-electron chi connectivity index (χ2n) is 5.98. The highest BCUT2D eigenvalue weighted by Gasteiger charge is 2.39. The van der Waals surface area contributed by atoms with Crippen molar-refractivity contribution in [2.24, 2.45) is 0 Å². The molecular weight excluding hydrogens is 264 g/mol. The maximum absolute atomic E-state index is 12.6. The lowest BCUT2D eigenvalue weighted by Gasteiger charge is -2.38. The van der Waals surface area contributed by atoms with Crippen LogP contribution in [0.2, 0.25) is 0 Å². The van der Waals surface area contributed by atoms with Crippen molar-refractivity contribution in [3.63, 3.8) is 0 Å². The van der Waals surface area contributed by atoms with E-state index in [1.807, 2.05) is 38.1 Å². The Morgan fingerprint density at radius 1 is 1.29 bits per heavy atom. The minimum atomic E-state index is -0.507. The lowest BCUT2D eigenvalue weighted by atomic mass is 9.85. The number of carbonyl (C=O) groups excluding carboxylic acids is 2. The van der Waals surface area contributed by atoms with E-state index in [2.05, 4.69) is 17.5 Å². The van der Waals surface area contributed by atoms with E-state index in [1.165, 1.54) is 0 Å². The first kappa shape index (κ1) is 13.9. The van der Waals surface area contributed by atoms with Gasteiger partial charge >= 0.3 is 0 Å². The van der Waals surface area contributed by atoms with Gasteiger partial charge < -0.3 is 10.2 Å². The van der Waals surface area contributed by atoms with Crippen molar-refractivity contribution in [3.05, 3.63) is 47.5 Å². The number of amides is 2. The molecular formula is C17H20N2O2. The number of carbonyl (C=O) groups is 2. The predicted octanol–water partition coefficient (Wildman–Crippen LogP) is 2.14. The SMILES string of the molecule is CC(C)NC(=O)[C@H]1c2ccccc2[C@@H]2C=CCC(=O)N1C2. The van der Waals surface area contributed by atoms with Crippen molar-refractivity contribution in [2.45, 2.75) is 38.3 Å². The van der Waals surface area contributed by atoms with Crippen LogP contribution in [0.3, 0.4) is 0 Å². The zero-order valence-electron chi connectivity index (χ0n) is 12.4. The van der Waals surface area contributed by atoms with Crippen molar-refractivity contribution in [3.8, 4) is 0 Å². The Hall–Kier alpha value is -2.10. The summed E-state index contributed by atoms with van der Waals surface area (Å²) in [6.07, 6.45) is 4.38. The fourth-order valence-electron chi connectivity index (χ4n) is 3.19. The first-order valence-electron chi connectivity index (χ1n) is 7.43. The van der Waals surface area contributed by atoms with Crippen LogP contribution in [-0.4, -0.2) is 29.3 Å². The fourth-order valence-corrected chi connectivity index (χ4v) is 3.19. The number of hydrogen-bond donors (Lipinski definition) is 1. The molecule has 4 heteroatoms. The maximum Gasteiger partial charge on any atom is 0.247 e. The molecule has 1 aromatic rings. The Morgan fingerprint density at radius 3 is 2.71 bits per heavy atom. The molecule has 21 heavy (non-hydrogen) atoms. The summed E-state index contributed by atoms with van der Waals surface area (Å²) in [6.45, 7) is 4.45. The molecule has 0 unspecified atom stereocenters. The first-order chi connectivity index (χ1) is 10.1. The molecule has 0 aliphatic carbocycles. The number of rotatable bonds is 2. The average Bonchev–Trinajstić information content (AvgIpc) is 2.60. The zero-order chi connectivity index (χ0) is 15.0. The summed E-state index contributed by atoms with van der Waals surface area (Å²) in [7, 11) is 0. The molecule has 0 saturated carbocycles. The number of nitrogens with one attached hydrogen (secondary N) is 1. The lowest BCUT2D eigenvalue weighted by molar-refractivity contribution is -0.141. The second-order valence-corrected chi connectivity index (χ2v) is 5.98. The van der Waals surface area contributed by atoms with E-state index in [1.54, 1.807) is 4.90 Å². The molecule has 0 radical (unpaired) electrons. The summed E-state index contributed by atoms with van der Waals surface area (Å²) in [6, 6.07) is 7.50. The molecule has 110 valence electrons. The van der Waals surface area contributed by atoms with Crippen LogP contribution < -0.4 is 5.32 Å². The third kappa shape index (κ3) is 2.46. The Labute approximate surface area is 124 Å². The molecule has 2 aliphatic rings. The molecule has 3 rings (SSSR count). The topological polar surface area (TPSA) is 49.4 Å². The van der Waals surface area contributed by atoms with Crippen LogP contribution in [0.5, 0.6) is 0 Å². The quantitative estimate of drug-likeness (QED) is 0.846. The molecule has 2 amide bonds. The molecule has 1 N–H and O–H groups in total. The molecule has 2 aliphatic heterocycles. The van der Waals surface area contributed by atoms with Crippen LogP contribution >= 0.6 is 0 Å². The summed E-state index contributed by atoms with van der Waals surface area (Å²) in [4.78, 5) is 26.7. The Bertz CT molecular complexity index is 607. The van der Waals surface area contributed by atoms with Crippen molar-refractivity contribution in [1.29, 1.82) is 0 Å². The third-order valence-corrected chi connectivity index (χ3v) is 4.06. The van der Waals surface area contributed by atoms with E-state index in [4.69, 9.17) is 0 Å². The van der Waals surface area contributed by atoms with Gasteiger partial charge in [0.25, 0.3) is 0 Å². The van der Waals surface area contributed by atoms with Crippen LogP contribution in [0.4, 0.5) is 0 Å². The predicted molar refractivity (Wildman–Crippen MR) is 80.7 cm³/mol. The highest BCUT2D eigenvalue weighted by Crippen LogP contribution is 2.38. The summed E-state index contributed by atoms with van der Waals surface area (Å²) in [5, 5.41) is 2.94. The molecule has 2 bridgehead atoms. The van der Waals surface area contributed by atoms with E-state index in [0.29, 0.717) is 13.0 Å². The van der Waals surface area contributed by atoms with Gasteiger partial charge in [-0.1, -0.05) is 36.4 Å². The highest BCUT2D eigenvalue weighted by molar-refractivity contribution is 5.90. The van der Waals surface area contributed by atoms with E-state index < -0.39 is 6.04 Å². The second kappa shape index (κ2) is 5.35.